The van der Waals surface area contributed by atoms with E-state index in [-0.39, 0.29) is 5.56 Å². The van der Waals surface area contributed by atoms with Crippen LogP contribution in [0.25, 0.3) is 16.8 Å². The average Bonchev–Trinajstić information content (AvgIpc) is 3.22. The van der Waals surface area contributed by atoms with Crippen LogP contribution < -0.4 is 5.32 Å². The minimum Gasteiger partial charge on any atom is -0.478 e. The van der Waals surface area contributed by atoms with E-state index >= 15 is 0 Å². The van der Waals surface area contributed by atoms with Gasteiger partial charge in [-0.2, -0.15) is 0 Å². The van der Waals surface area contributed by atoms with Gasteiger partial charge in [0.05, 0.1) is 10.4 Å². The molecule has 30 heavy (non-hydrogen) atoms. The topological polar surface area (TPSA) is 75.1 Å². The summed E-state index contributed by atoms with van der Waals surface area (Å²) in [5, 5.41) is 12.5. The molecule has 156 valence electrons. The van der Waals surface area contributed by atoms with Crippen LogP contribution >= 0.6 is 11.3 Å². The quantitative estimate of drug-likeness (QED) is 0.408. The minimum atomic E-state index is -0.935. The predicted octanol–water partition coefficient (Wildman–Crippen LogP) is 6.59. The summed E-state index contributed by atoms with van der Waals surface area (Å²) < 4.78 is 0. The van der Waals surface area contributed by atoms with Crippen LogP contribution in [0, 0.1) is 0 Å². The molecule has 6 heteroatoms. The second kappa shape index (κ2) is 10.2. The van der Waals surface area contributed by atoms with Crippen molar-refractivity contribution in [2.24, 2.45) is 0 Å². The van der Waals surface area contributed by atoms with E-state index in [1.165, 1.54) is 4.88 Å². The average molecular weight is 422 g/mol. The van der Waals surface area contributed by atoms with Crippen molar-refractivity contribution >= 4 is 34.9 Å². The summed E-state index contributed by atoms with van der Waals surface area (Å²) in [6.07, 6.45) is 8.20. The van der Waals surface area contributed by atoms with Crippen LogP contribution in [0.2, 0.25) is 0 Å². The molecule has 3 aromatic rings. The normalized spacial score (nSPS) is 11.2. The second-order valence-corrected chi connectivity index (χ2v) is 8.04. The van der Waals surface area contributed by atoms with Gasteiger partial charge in [-0.05, 0) is 61.7 Å². The van der Waals surface area contributed by atoms with E-state index in [2.05, 4.69) is 50.4 Å². The van der Waals surface area contributed by atoms with Crippen molar-refractivity contribution in [3.05, 3.63) is 64.2 Å². The number of carboxylic acid groups (broad SMARTS) is 1. The highest BCUT2D eigenvalue weighted by Crippen LogP contribution is 2.31. The Labute approximate surface area is 181 Å². The third-order valence-electron chi connectivity index (χ3n) is 4.76. The van der Waals surface area contributed by atoms with Gasteiger partial charge in [0.25, 0.3) is 0 Å². The highest BCUT2D eigenvalue weighted by atomic mass is 32.1. The molecule has 0 aliphatic rings. The fourth-order valence-corrected chi connectivity index (χ4v) is 4.04. The maximum atomic E-state index is 11.1. The number of aromatic nitrogens is 2. The standard InChI is InChI=1S/C24H27N3O2S/c1-4-7-8-9-18-14-15-21(30-18)23-26-20(6-3)19(5-2)22(27-23)25-17-12-10-16(11-13-17)24(28)29/h8-15H,4-7H2,1-3H3,(H,28,29)(H,25,26,27). The zero-order valence-electron chi connectivity index (χ0n) is 17.6. The summed E-state index contributed by atoms with van der Waals surface area (Å²) in [7, 11) is 0. The molecule has 2 aromatic heterocycles. The number of rotatable bonds is 9. The highest BCUT2D eigenvalue weighted by Gasteiger charge is 2.15. The summed E-state index contributed by atoms with van der Waals surface area (Å²) in [5.41, 5.74) is 3.18. The number of benzene rings is 1. The lowest BCUT2D eigenvalue weighted by Crippen LogP contribution is -2.07. The van der Waals surface area contributed by atoms with Gasteiger partial charge in [0.2, 0.25) is 0 Å². The molecule has 0 spiro atoms. The van der Waals surface area contributed by atoms with E-state index < -0.39 is 5.97 Å². The maximum absolute atomic E-state index is 11.1. The van der Waals surface area contributed by atoms with Crippen molar-refractivity contribution in [3.63, 3.8) is 0 Å². The zero-order valence-corrected chi connectivity index (χ0v) is 18.4. The molecule has 0 amide bonds. The van der Waals surface area contributed by atoms with Crippen LogP contribution in [0.5, 0.6) is 0 Å². The molecule has 1 aromatic carbocycles. The van der Waals surface area contributed by atoms with Gasteiger partial charge in [-0.15, -0.1) is 11.3 Å². The number of hydrogen-bond donors (Lipinski definition) is 2. The number of unbranched alkanes of at least 4 members (excludes halogenated alkanes) is 1. The summed E-state index contributed by atoms with van der Waals surface area (Å²) in [4.78, 5) is 23.0. The van der Waals surface area contributed by atoms with Crippen molar-refractivity contribution in [1.29, 1.82) is 0 Å². The Morgan fingerprint density at radius 2 is 1.83 bits per heavy atom. The van der Waals surface area contributed by atoms with Crippen molar-refractivity contribution in [3.8, 4) is 10.7 Å². The predicted molar refractivity (Wildman–Crippen MR) is 125 cm³/mol. The Morgan fingerprint density at radius 3 is 2.47 bits per heavy atom. The van der Waals surface area contributed by atoms with Gasteiger partial charge in [0.1, 0.15) is 5.82 Å². The monoisotopic (exact) mass is 421 g/mol. The van der Waals surface area contributed by atoms with E-state index in [0.717, 1.165) is 53.3 Å². The minimum absolute atomic E-state index is 0.260. The first-order valence-corrected chi connectivity index (χ1v) is 11.1. The van der Waals surface area contributed by atoms with Crippen molar-refractivity contribution in [2.45, 2.75) is 46.5 Å². The van der Waals surface area contributed by atoms with Crippen molar-refractivity contribution in [1.82, 2.24) is 9.97 Å². The number of thiophene rings is 1. The SMILES string of the molecule is CCCC=Cc1ccc(-c2nc(CC)c(CC)c(Nc3ccc(C(=O)O)cc3)n2)s1. The third kappa shape index (κ3) is 5.13. The summed E-state index contributed by atoms with van der Waals surface area (Å²) >= 11 is 1.68. The fraction of sp³-hybridized carbons (Fsp3) is 0.292. The van der Waals surface area contributed by atoms with Gasteiger partial charge >= 0.3 is 5.97 Å². The molecule has 0 atom stereocenters. The molecule has 0 aliphatic carbocycles. The molecule has 0 saturated carbocycles. The molecule has 0 unspecified atom stereocenters. The number of aryl methyl sites for hydroxylation is 1. The molecule has 0 bridgehead atoms. The fourth-order valence-electron chi connectivity index (χ4n) is 3.17. The van der Waals surface area contributed by atoms with Crippen LogP contribution in [0.1, 0.15) is 60.1 Å². The molecule has 2 N–H and O–H groups in total. The number of anilines is 2. The van der Waals surface area contributed by atoms with Crippen molar-refractivity contribution < 1.29 is 9.90 Å². The lowest BCUT2D eigenvalue weighted by atomic mass is 10.1. The molecular formula is C24H27N3O2S. The lowest BCUT2D eigenvalue weighted by Gasteiger charge is -2.15. The smallest absolute Gasteiger partial charge is 0.335 e. The van der Waals surface area contributed by atoms with E-state index in [1.807, 2.05) is 0 Å². The molecule has 0 saturated heterocycles. The lowest BCUT2D eigenvalue weighted by molar-refractivity contribution is 0.0697. The van der Waals surface area contributed by atoms with Gasteiger partial charge in [-0.3, -0.25) is 0 Å². The number of aromatic carboxylic acids is 1. The summed E-state index contributed by atoms with van der Waals surface area (Å²) in [5.74, 6) is 0.558. The first kappa shape index (κ1) is 21.7. The number of nitrogens with zero attached hydrogens (tertiary/aromatic N) is 2. The largest absolute Gasteiger partial charge is 0.478 e. The van der Waals surface area contributed by atoms with E-state index in [4.69, 9.17) is 15.1 Å². The Bertz CT molecular complexity index is 1040. The number of carboxylic acids is 1. The van der Waals surface area contributed by atoms with Gasteiger partial charge < -0.3 is 10.4 Å². The third-order valence-corrected chi connectivity index (χ3v) is 5.81. The first-order chi connectivity index (χ1) is 14.5. The van der Waals surface area contributed by atoms with E-state index in [1.54, 1.807) is 35.6 Å². The molecule has 0 radical (unpaired) electrons. The van der Waals surface area contributed by atoms with E-state index in [9.17, 15) is 4.79 Å². The van der Waals surface area contributed by atoms with Crippen LogP contribution in [-0.2, 0) is 12.8 Å². The summed E-state index contributed by atoms with van der Waals surface area (Å²) in [6.45, 7) is 6.37. The molecule has 2 heterocycles. The van der Waals surface area contributed by atoms with Gasteiger partial charge in [0.15, 0.2) is 5.82 Å². The van der Waals surface area contributed by atoms with Crippen LogP contribution in [0.15, 0.2) is 42.5 Å². The second-order valence-electron chi connectivity index (χ2n) is 6.93. The Balaban J connectivity index is 1.95. The Morgan fingerprint density at radius 1 is 1.07 bits per heavy atom. The molecule has 5 nitrogen and oxygen atoms in total. The number of allylic oxidation sites excluding steroid dienone is 1. The first-order valence-electron chi connectivity index (χ1n) is 10.3. The number of carbonyl (C=O) groups is 1. The molecular weight excluding hydrogens is 394 g/mol. The van der Waals surface area contributed by atoms with Crippen LogP contribution in [-0.4, -0.2) is 21.0 Å². The van der Waals surface area contributed by atoms with Crippen LogP contribution in [0.4, 0.5) is 11.5 Å². The van der Waals surface area contributed by atoms with Crippen LogP contribution in [0.3, 0.4) is 0 Å². The zero-order chi connectivity index (χ0) is 21.5. The summed E-state index contributed by atoms with van der Waals surface area (Å²) in [6, 6.07) is 10.9. The van der Waals surface area contributed by atoms with Gasteiger partial charge in [-0.25, -0.2) is 14.8 Å². The molecule has 0 aliphatic heterocycles. The van der Waals surface area contributed by atoms with E-state index in [0.29, 0.717) is 5.82 Å². The maximum Gasteiger partial charge on any atom is 0.335 e. The number of hydrogen-bond acceptors (Lipinski definition) is 5. The van der Waals surface area contributed by atoms with Gasteiger partial charge in [0, 0.05) is 21.8 Å². The molecule has 0 fully saturated rings. The van der Waals surface area contributed by atoms with Crippen molar-refractivity contribution in [2.75, 3.05) is 5.32 Å². The highest BCUT2D eigenvalue weighted by molar-refractivity contribution is 7.16. The Kier molecular flexibility index (Phi) is 7.36. The van der Waals surface area contributed by atoms with Gasteiger partial charge in [-0.1, -0.05) is 33.3 Å². The molecule has 3 rings (SSSR count). The Hall–Kier alpha value is -2.99. The number of nitrogens with one attached hydrogen (secondary N) is 1.